The van der Waals surface area contributed by atoms with E-state index in [1.165, 1.54) is 25.7 Å². The van der Waals surface area contributed by atoms with Gasteiger partial charge in [-0.1, -0.05) is 12.8 Å². The summed E-state index contributed by atoms with van der Waals surface area (Å²) in [6.07, 6.45) is 4.09. The van der Waals surface area contributed by atoms with Crippen molar-refractivity contribution in [3.63, 3.8) is 0 Å². The summed E-state index contributed by atoms with van der Waals surface area (Å²) in [7, 11) is 0. The van der Waals surface area contributed by atoms with Crippen molar-refractivity contribution in [3.05, 3.63) is 0 Å². The second kappa shape index (κ2) is 6.95. The summed E-state index contributed by atoms with van der Waals surface area (Å²) in [6, 6.07) is 0.474. The SMILES string of the molecule is CCOC1CC(NCCOCC(F)F)C12CCCC2. The minimum atomic E-state index is -2.37. The quantitative estimate of drug-likeness (QED) is 0.692. The molecule has 2 aliphatic carbocycles. The van der Waals surface area contributed by atoms with Gasteiger partial charge < -0.3 is 14.8 Å². The van der Waals surface area contributed by atoms with Crippen molar-refractivity contribution in [3.8, 4) is 0 Å². The summed E-state index contributed by atoms with van der Waals surface area (Å²) in [6.45, 7) is 3.37. The molecule has 1 spiro atoms. The van der Waals surface area contributed by atoms with Crippen LogP contribution in [-0.2, 0) is 9.47 Å². The zero-order valence-electron chi connectivity index (χ0n) is 11.7. The van der Waals surface area contributed by atoms with Gasteiger partial charge in [-0.2, -0.15) is 0 Å². The Bertz CT molecular complexity index is 270. The van der Waals surface area contributed by atoms with Gasteiger partial charge in [-0.3, -0.25) is 0 Å². The monoisotopic (exact) mass is 277 g/mol. The summed E-state index contributed by atoms with van der Waals surface area (Å²) >= 11 is 0. The summed E-state index contributed by atoms with van der Waals surface area (Å²) in [5.74, 6) is 0. The van der Waals surface area contributed by atoms with Crippen molar-refractivity contribution >= 4 is 0 Å². The lowest BCUT2D eigenvalue weighted by atomic mass is 9.60. The molecule has 0 bridgehead atoms. The van der Waals surface area contributed by atoms with E-state index in [1.807, 2.05) is 6.92 Å². The summed E-state index contributed by atoms with van der Waals surface area (Å²) < 4.78 is 34.6. The lowest BCUT2D eigenvalue weighted by Crippen LogP contribution is -2.63. The summed E-state index contributed by atoms with van der Waals surface area (Å²) in [5.41, 5.74) is 0.304. The second-order valence-corrected chi connectivity index (χ2v) is 5.59. The van der Waals surface area contributed by atoms with Crippen LogP contribution in [-0.4, -0.2) is 44.9 Å². The molecule has 0 radical (unpaired) electrons. The molecule has 5 heteroatoms. The van der Waals surface area contributed by atoms with Crippen molar-refractivity contribution in [1.29, 1.82) is 0 Å². The topological polar surface area (TPSA) is 30.5 Å². The van der Waals surface area contributed by atoms with Crippen molar-refractivity contribution in [2.45, 2.75) is 57.6 Å². The third kappa shape index (κ3) is 3.44. The highest BCUT2D eigenvalue weighted by atomic mass is 19.3. The number of alkyl halides is 2. The van der Waals surface area contributed by atoms with E-state index in [-0.39, 0.29) is 0 Å². The third-order valence-electron chi connectivity index (χ3n) is 4.57. The van der Waals surface area contributed by atoms with Gasteiger partial charge in [0.05, 0.1) is 12.7 Å². The molecule has 0 aromatic rings. The molecular formula is C14H25F2NO2. The standard InChI is InChI=1S/C14H25F2NO2/c1-2-19-12-9-11(14(12)5-3-4-6-14)17-7-8-18-10-13(15)16/h11-13,17H,2-10H2,1H3. The summed E-state index contributed by atoms with van der Waals surface area (Å²) in [4.78, 5) is 0. The van der Waals surface area contributed by atoms with Gasteiger partial charge in [0.25, 0.3) is 6.43 Å². The highest BCUT2D eigenvalue weighted by molar-refractivity contribution is 5.09. The molecule has 1 N–H and O–H groups in total. The van der Waals surface area contributed by atoms with E-state index in [0.29, 0.717) is 30.7 Å². The molecule has 112 valence electrons. The molecule has 2 aliphatic rings. The fourth-order valence-corrected chi connectivity index (χ4v) is 3.65. The van der Waals surface area contributed by atoms with Crippen LogP contribution in [0.25, 0.3) is 0 Å². The number of hydrogen-bond acceptors (Lipinski definition) is 3. The molecule has 0 aromatic heterocycles. The number of rotatable bonds is 8. The maximum absolute atomic E-state index is 11.9. The Balaban J connectivity index is 1.69. The molecule has 0 amide bonds. The molecule has 0 aliphatic heterocycles. The van der Waals surface area contributed by atoms with E-state index in [1.54, 1.807) is 0 Å². The van der Waals surface area contributed by atoms with Crippen LogP contribution in [0.5, 0.6) is 0 Å². The fraction of sp³-hybridized carbons (Fsp3) is 1.00. The number of hydrogen-bond donors (Lipinski definition) is 1. The van der Waals surface area contributed by atoms with Crippen LogP contribution < -0.4 is 5.32 Å². The lowest BCUT2D eigenvalue weighted by Gasteiger charge is -2.54. The largest absolute Gasteiger partial charge is 0.378 e. The molecule has 0 saturated heterocycles. The molecule has 2 atom stereocenters. The average Bonchev–Trinajstić information content (AvgIpc) is 2.88. The van der Waals surface area contributed by atoms with Gasteiger partial charge in [0.1, 0.15) is 6.61 Å². The number of ether oxygens (including phenoxy) is 2. The van der Waals surface area contributed by atoms with Crippen LogP contribution in [0, 0.1) is 5.41 Å². The zero-order valence-corrected chi connectivity index (χ0v) is 11.7. The van der Waals surface area contributed by atoms with Crippen LogP contribution in [0.3, 0.4) is 0 Å². The Morgan fingerprint density at radius 2 is 2.05 bits per heavy atom. The Labute approximate surface area is 114 Å². The predicted molar refractivity (Wildman–Crippen MR) is 69.5 cm³/mol. The molecular weight excluding hydrogens is 252 g/mol. The predicted octanol–water partition coefficient (Wildman–Crippen LogP) is 2.60. The van der Waals surface area contributed by atoms with Crippen LogP contribution >= 0.6 is 0 Å². The van der Waals surface area contributed by atoms with E-state index < -0.39 is 13.0 Å². The molecule has 19 heavy (non-hydrogen) atoms. The van der Waals surface area contributed by atoms with Crippen LogP contribution in [0.1, 0.15) is 39.0 Å². The van der Waals surface area contributed by atoms with E-state index in [9.17, 15) is 8.78 Å². The number of halogens is 2. The van der Waals surface area contributed by atoms with Gasteiger partial charge in [0.15, 0.2) is 0 Å². The maximum Gasteiger partial charge on any atom is 0.261 e. The van der Waals surface area contributed by atoms with Gasteiger partial charge in [-0.05, 0) is 26.2 Å². The van der Waals surface area contributed by atoms with Gasteiger partial charge in [-0.15, -0.1) is 0 Å². The van der Waals surface area contributed by atoms with Gasteiger partial charge in [-0.25, -0.2) is 8.78 Å². The van der Waals surface area contributed by atoms with Crippen LogP contribution in [0.15, 0.2) is 0 Å². The van der Waals surface area contributed by atoms with Crippen LogP contribution in [0.4, 0.5) is 8.78 Å². The van der Waals surface area contributed by atoms with Gasteiger partial charge >= 0.3 is 0 Å². The highest BCUT2D eigenvalue weighted by Crippen LogP contribution is 2.54. The van der Waals surface area contributed by atoms with Gasteiger partial charge in [0, 0.05) is 24.6 Å². The molecule has 3 nitrogen and oxygen atoms in total. The lowest BCUT2D eigenvalue weighted by molar-refractivity contribution is -0.131. The van der Waals surface area contributed by atoms with Crippen molar-refractivity contribution in [2.75, 3.05) is 26.4 Å². The first-order valence-electron chi connectivity index (χ1n) is 7.40. The second-order valence-electron chi connectivity index (χ2n) is 5.59. The minimum Gasteiger partial charge on any atom is -0.378 e. The first kappa shape index (κ1) is 15.1. The van der Waals surface area contributed by atoms with Crippen molar-refractivity contribution < 1.29 is 18.3 Å². The smallest absolute Gasteiger partial charge is 0.261 e. The Morgan fingerprint density at radius 1 is 1.32 bits per heavy atom. The van der Waals surface area contributed by atoms with Crippen molar-refractivity contribution in [2.24, 2.45) is 5.41 Å². The van der Waals surface area contributed by atoms with Crippen molar-refractivity contribution in [1.82, 2.24) is 5.32 Å². The number of nitrogens with one attached hydrogen (secondary N) is 1. The Kier molecular flexibility index (Phi) is 5.54. The van der Waals surface area contributed by atoms with Gasteiger partial charge in [0.2, 0.25) is 0 Å². The van der Waals surface area contributed by atoms with E-state index in [2.05, 4.69) is 5.32 Å². The minimum absolute atomic E-state index is 0.304. The maximum atomic E-state index is 11.9. The molecule has 2 rings (SSSR count). The molecule has 0 aromatic carbocycles. The third-order valence-corrected chi connectivity index (χ3v) is 4.57. The Hall–Kier alpha value is -0.260. The van der Waals surface area contributed by atoms with E-state index >= 15 is 0 Å². The fourth-order valence-electron chi connectivity index (χ4n) is 3.65. The molecule has 2 saturated carbocycles. The van der Waals surface area contributed by atoms with E-state index in [0.717, 1.165) is 13.0 Å². The first-order valence-corrected chi connectivity index (χ1v) is 7.40. The molecule has 0 heterocycles. The van der Waals surface area contributed by atoms with E-state index in [4.69, 9.17) is 9.47 Å². The first-order chi connectivity index (χ1) is 9.19. The zero-order chi connectivity index (χ0) is 13.7. The summed E-state index contributed by atoms with van der Waals surface area (Å²) in [5, 5.41) is 3.46. The average molecular weight is 277 g/mol. The molecule has 2 unspecified atom stereocenters. The molecule has 2 fully saturated rings. The highest BCUT2D eigenvalue weighted by Gasteiger charge is 2.56. The normalized spacial score (nSPS) is 29.1. The Morgan fingerprint density at radius 3 is 2.68 bits per heavy atom. The van der Waals surface area contributed by atoms with Crippen LogP contribution in [0.2, 0.25) is 0 Å².